The number of aromatic nitrogens is 4. The van der Waals surface area contributed by atoms with Gasteiger partial charge in [-0.2, -0.15) is 0 Å². The minimum atomic E-state index is -0.0388. The molecule has 0 atom stereocenters. The van der Waals surface area contributed by atoms with Crippen molar-refractivity contribution in [3.8, 4) is 10.8 Å². The van der Waals surface area contributed by atoms with Crippen LogP contribution in [0.1, 0.15) is 21.1 Å². The van der Waals surface area contributed by atoms with Crippen molar-refractivity contribution in [2.75, 3.05) is 13.6 Å². The first-order valence-electron chi connectivity index (χ1n) is 7.55. The molecule has 0 aliphatic carbocycles. The minimum Gasteiger partial charge on any atom is -0.341 e. The van der Waals surface area contributed by atoms with Gasteiger partial charge in [0.1, 0.15) is 4.88 Å². The van der Waals surface area contributed by atoms with Gasteiger partial charge in [-0.25, -0.2) is 15.0 Å². The predicted molar refractivity (Wildman–Crippen MR) is 92.8 cm³/mol. The molecule has 7 heteroatoms. The number of hydrogen-bond acceptors (Lipinski definition) is 6. The molecule has 1 amide bonds. The molecule has 0 aliphatic rings. The van der Waals surface area contributed by atoms with Crippen LogP contribution >= 0.6 is 11.3 Å². The Labute approximate surface area is 144 Å². The highest BCUT2D eigenvalue weighted by molar-refractivity contribution is 7.17. The third-order valence-electron chi connectivity index (χ3n) is 3.52. The zero-order valence-corrected chi connectivity index (χ0v) is 14.3. The third-order valence-corrected chi connectivity index (χ3v) is 4.67. The lowest BCUT2D eigenvalue weighted by molar-refractivity contribution is 0.0800. The maximum atomic E-state index is 12.7. The molecule has 0 N–H and O–H groups in total. The van der Waals surface area contributed by atoms with Crippen LogP contribution in [0.5, 0.6) is 0 Å². The Morgan fingerprint density at radius 3 is 2.58 bits per heavy atom. The Morgan fingerprint density at radius 1 is 1.12 bits per heavy atom. The Kier molecular flexibility index (Phi) is 4.90. The summed E-state index contributed by atoms with van der Waals surface area (Å²) in [6.45, 7) is 2.44. The summed E-state index contributed by atoms with van der Waals surface area (Å²) in [7, 11) is 1.79. The fourth-order valence-corrected chi connectivity index (χ4v) is 3.21. The lowest BCUT2D eigenvalue weighted by Gasteiger charge is -2.16. The van der Waals surface area contributed by atoms with Crippen LogP contribution in [0.25, 0.3) is 10.8 Å². The van der Waals surface area contributed by atoms with E-state index in [1.807, 2.05) is 25.1 Å². The normalized spacial score (nSPS) is 10.6. The number of hydrogen-bond donors (Lipinski definition) is 0. The predicted octanol–water partition coefficient (Wildman–Crippen LogP) is 2.62. The van der Waals surface area contributed by atoms with Crippen molar-refractivity contribution < 1.29 is 4.79 Å². The second kappa shape index (κ2) is 7.27. The van der Waals surface area contributed by atoms with E-state index < -0.39 is 0 Å². The standard InChI is InChI=1S/C17H17N5OS/c1-12-14(24-16(21-12)15-19-9-5-10-20-15)17(23)22(2)11-7-13-6-3-4-8-18-13/h3-6,8-10H,7,11H2,1-2H3. The minimum absolute atomic E-state index is 0.0388. The van der Waals surface area contributed by atoms with Crippen molar-refractivity contribution in [2.45, 2.75) is 13.3 Å². The molecule has 0 bridgehead atoms. The van der Waals surface area contributed by atoms with Gasteiger partial charge in [-0.15, -0.1) is 11.3 Å². The van der Waals surface area contributed by atoms with Crippen molar-refractivity contribution >= 4 is 17.2 Å². The lowest BCUT2D eigenvalue weighted by atomic mass is 10.2. The van der Waals surface area contributed by atoms with E-state index in [4.69, 9.17) is 0 Å². The highest BCUT2D eigenvalue weighted by atomic mass is 32.1. The zero-order valence-electron chi connectivity index (χ0n) is 13.5. The Hall–Kier alpha value is -2.67. The van der Waals surface area contributed by atoms with Crippen molar-refractivity contribution in [3.63, 3.8) is 0 Å². The quantitative estimate of drug-likeness (QED) is 0.714. The van der Waals surface area contributed by atoms with Crippen LogP contribution in [-0.2, 0) is 6.42 Å². The average Bonchev–Trinajstić information content (AvgIpc) is 3.02. The summed E-state index contributed by atoms with van der Waals surface area (Å²) < 4.78 is 0. The monoisotopic (exact) mass is 339 g/mol. The fourth-order valence-electron chi connectivity index (χ4n) is 2.20. The van der Waals surface area contributed by atoms with Crippen LogP contribution in [0, 0.1) is 6.92 Å². The molecular formula is C17H17N5OS. The molecule has 0 saturated carbocycles. The molecule has 0 fully saturated rings. The van der Waals surface area contributed by atoms with Gasteiger partial charge in [0.05, 0.1) is 5.69 Å². The molecule has 122 valence electrons. The van der Waals surface area contributed by atoms with Gasteiger partial charge in [0.25, 0.3) is 5.91 Å². The number of aryl methyl sites for hydroxylation is 1. The van der Waals surface area contributed by atoms with Gasteiger partial charge in [-0.1, -0.05) is 6.07 Å². The highest BCUT2D eigenvalue weighted by Crippen LogP contribution is 2.26. The molecular weight excluding hydrogens is 322 g/mol. The Morgan fingerprint density at radius 2 is 1.88 bits per heavy atom. The molecule has 0 unspecified atom stereocenters. The van der Waals surface area contributed by atoms with Crippen molar-refractivity contribution in [1.29, 1.82) is 0 Å². The smallest absolute Gasteiger partial charge is 0.265 e. The molecule has 3 rings (SSSR count). The molecule has 24 heavy (non-hydrogen) atoms. The van der Waals surface area contributed by atoms with Gasteiger partial charge < -0.3 is 4.90 Å². The van der Waals surface area contributed by atoms with Crippen molar-refractivity contribution in [2.24, 2.45) is 0 Å². The largest absolute Gasteiger partial charge is 0.341 e. The summed E-state index contributed by atoms with van der Waals surface area (Å²) in [5.41, 5.74) is 1.67. The second-order valence-electron chi connectivity index (χ2n) is 5.30. The van der Waals surface area contributed by atoms with Crippen LogP contribution in [0.2, 0.25) is 0 Å². The number of thiazole rings is 1. The maximum Gasteiger partial charge on any atom is 0.265 e. The van der Waals surface area contributed by atoms with Crippen LogP contribution in [0.3, 0.4) is 0 Å². The molecule has 0 saturated heterocycles. The van der Waals surface area contributed by atoms with E-state index in [2.05, 4.69) is 19.9 Å². The number of carbonyl (C=O) groups excluding carboxylic acids is 1. The molecule has 0 spiro atoms. The van der Waals surface area contributed by atoms with Gasteiger partial charge in [-0.05, 0) is 25.1 Å². The molecule has 0 radical (unpaired) electrons. The van der Waals surface area contributed by atoms with E-state index in [-0.39, 0.29) is 5.91 Å². The van der Waals surface area contributed by atoms with Gasteiger partial charge in [-0.3, -0.25) is 9.78 Å². The summed E-state index contributed by atoms with van der Waals surface area (Å²) in [5.74, 6) is 0.504. The van der Waals surface area contributed by atoms with Gasteiger partial charge in [0.2, 0.25) is 0 Å². The highest BCUT2D eigenvalue weighted by Gasteiger charge is 2.20. The molecule has 3 aromatic rings. The topological polar surface area (TPSA) is 71.9 Å². The van der Waals surface area contributed by atoms with E-state index in [9.17, 15) is 4.79 Å². The van der Waals surface area contributed by atoms with Gasteiger partial charge in [0, 0.05) is 44.3 Å². The van der Waals surface area contributed by atoms with E-state index in [0.717, 1.165) is 12.1 Å². The van der Waals surface area contributed by atoms with E-state index in [1.165, 1.54) is 11.3 Å². The van der Waals surface area contributed by atoms with Gasteiger partial charge in [0.15, 0.2) is 10.8 Å². The lowest BCUT2D eigenvalue weighted by Crippen LogP contribution is -2.28. The van der Waals surface area contributed by atoms with Crippen LogP contribution in [0.4, 0.5) is 0 Å². The number of amides is 1. The van der Waals surface area contributed by atoms with Crippen LogP contribution in [0.15, 0.2) is 42.9 Å². The Balaban J connectivity index is 1.71. The number of pyridine rings is 1. The second-order valence-corrected chi connectivity index (χ2v) is 6.30. The van der Waals surface area contributed by atoms with E-state index >= 15 is 0 Å². The zero-order chi connectivity index (χ0) is 16.9. The summed E-state index contributed by atoms with van der Waals surface area (Å²) in [6, 6.07) is 7.54. The average molecular weight is 339 g/mol. The first-order chi connectivity index (χ1) is 11.6. The number of rotatable bonds is 5. The SMILES string of the molecule is Cc1nc(-c2ncccn2)sc1C(=O)N(C)CCc1ccccn1. The molecule has 3 aromatic heterocycles. The van der Waals surface area contributed by atoms with Crippen molar-refractivity contribution in [1.82, 2.24) is 24.8 Å². The van der Waals surface area contributed by atoms with Crippen molar-refractivity contribution in [3.05, 3.63) is 59.1 Å². The van der Waals surface area contributed by atoms with E-state index in [1.54, 1.807) is 36.6 Å². The number of likely N-dealkylation sites (N-methyl/N-ethyl adjacent to an activating group) is 1. The molecule has 6 nitrogen and oxygen atoms in total. The Bertz CT molecular complexity index is 820. The fraction of sp³-hybridized carbons (Fsp3) is 0.235. The number of nitrogens with zero attached hydrogens (tertiary/aromatic N) is 5. The summed E-state index contributed by atoms with van der Waals surface area (Å²) in [4.78, 5) is 32.1. The summed E-state index contributed by atoms with van der Waals surface area (Å²) in [6.07, 6.45) is 5.81. The third kappa shape index (κ3) is 3.62. The molecule has 3 heterocycles. The molecule has 0 aromatic carbocycles. The summed E-state index contributed by atoms with van der Waals surface area (Å²) in [5, 5.41) is 0.662. The molecule has 0 aliphatic heterocycles. The summed E-state index contributed by atoms with van der Waals surface area (Å²) >= 11 is 1.33. The first-order valence-corrected chi connectivity index (χ1v) is 8.37. The first kappa shape index (κ1) is 16.2. The van der Waals surface area contributed by atoms with Crippen LogP contribution < -0.4 is 0 Å². The van der Waals surface area contributed by atoms with Crippen LogP contribution in [-0.4, -0.2) is 44.3 Å². The van der Waals surface area contributed by atoms with Gasteiger partial charge >= 0.3 is 0 Å². The maximum absolute atomic E-state index is 12.7. The number of carbonyl (C=O) groups is 1. The van der Waals surface area contributed by atoms with E-state index in [0.29, 0.717) is 27.9 Å².